The van der Waals surface area contributed by atoms with Gasteiger partial charge in [0, 0.05) is 17.5 Å². The number of benzene rings is 1. The average molecular weight is 228 g/mol. The maximum atomic E-state index is 11.8. The highest BCUT2D eigenvalue weighted by molar-refractivity contribution is 5.99. The van der Waals surface area contributed by atoms with Crippen LogP contribution in [0.2, 0.25) is 0 Å². The predicted molar refractivity (Wildman–Crippen MR) is 63.8 cm³/mol. The van der Waals surface area contributed by atoms with Crippen molar-refractivity contribution in [2.75, 3.05) is 0 Å². The molecule has 3 rings (SSSR count). The van der Waals surface area contributed by atoms with Gasteiger partial charge in [-0.1, -0.05) is 18.2 Å². The molecule has 1 aromatic carbocycles. The SMILES string of the molecule is NC(=O)Cc1c2n(c3ccccc13)C(=O)CC2. The van der Waals surface area contributed by atoms with E-state index in [9.17, 15) is 9.59 Å². The zero-order chi connectivity index (χ0) is 12.0. The minimum absolute atomic E-state index is 0.104. The van der Waals surface area contributed by atoms with E-state index in [0.29, 0.717) is 12.8 Å². The lowest BCUT2D eigenvalue weighted by atomic mass is 10.1. The molecule has 2 N–H and O–H groups in total. The molecule has 0 saturated carbocycles. The number of hydrogen-bond acceptors (Lipinski definition) is 2. The molecular formula is C13H12N2O2. The Hall–Kier alpha value is -2.10. The summed E-state index contributed by atoms with van der Waals surface area (Å²) >= 11 is 0. The lowest BCUT2D eigenvalue weighted by Gasteiger charge is -1.98. The quantitative estimate of drug-likeness (QED) is 0.840. The molecule has 0 fully saturated rings. The van der Waals surface area contributed by atoms with Gasteiger partial charge in [-0.3, -0.25) is 14.2 Å². The standard InChI is InChI=1S/C13H12N2O2/c14-12(16)7-9-8-3-1-2-4-10(8)15-11(9)5-6-13(15)17/h1-4H,5-7H2,(H2,14,16). The number of carbonyl (C=O) groups is 2. The van der Waals surface area contributed by atoms with E-state index in [0.717, 1.165) is 22.2 Å². The number of hydrogen-bond donors (Lipinski definition) is 1. The number of fused-ring (bicyclic) bond motifs is 3. The summed E-state index contributed by atoms with van der Waals surface area (Å²) < 4.78 is 1.73. The Balaban J connectivity index is 2.34. The van der Waals surface area contributed by atoms with Gasteiger partial charge in [0.2, 0.25) is 11.8 Å². The Morgan fingerprint density at radius 2 is 2.06 bits per heavy atom. The normalized spacial score (nSPS) is 14.2. The van der Waals surface area contributed by atoms with Gasteiger partial charge < -0.3 is 5.73 Å². The van der Waals surface area contributed by atoms with Crippen LogP contribution in [-0.2, 0) is 17.6 Å². The summed E-state index contributed by atoms with van der Waals surface area (Å²) in [7, 11) is 0. The molecule has 2 heterocycles. The number of nitrogens with zero attached hydrogens (tertiary/aromatic N) is 1. The third-order valence-corrected chi connectivity index (χ3v) is 3.26. The number of amides is 1. The molecule has 0 radical (unpaired) electrons. The lowest BCUT2D eigenvalue weighted by molar-refractivity contribution is -0.117. The van der Waals surface area contributed by atoms with Crippen molar-refractivity contribution in [1.29, 1.82) is 0 Å². The van der Waals surface area contributed by atoms with Gasteiger partial charge in [0.25, 0.3) is 0 Å². The van der Waals surface area contributed by atoms with E-state index < -0.39 is 0 Å². The van der Waals surface area contributed by atoms with Crippen molar-refractivity contribution in [2.45, 2.75) is 19.3 Å². The van der Waals surface area contributed by atoms with Crippen LogP contribution in [-0.4, -0.2) is 16.4 Å². The molecule has 0 saturated heterocycles. The minimum Gasteiger partial charge on any atom is -0.369 e. The molecule has 0 bridgehead atoms. The number of rotatable bonds is 2. The summed E-state index contributed by atoms with van der Waals surface area (Å²) in [5, 5.41) is 0.967. The monoisotopic (exact) mass is 228 g/mol. The molecule has 4 heteroatoms. The highest BCUT2D eigenvalue weighted by Crippen LogP contribution is 2.31. The van der Waals surface area contributed by atoms with Crippen LogP contribution >= 0.6 is 0 Å². The molecule has 86 valence electrons. The minimum atomic E-state index is -0.358. The van der Waals surface area contributed by atoms with Gasteiger partial charge in [0.15, 0.2) is 0 Å². The third-order valence-electron chi connectivity index (χ3n) is 3.26. The molecule has 1 aliphatic heterocycles. The molecule has 2 aromatic rings. The van der Waals surface area contributed by atoms with E-state index in [1.54, 1.807) is 4.57 Å². The number of nitrogens with two attached hydrogens (primary N) is 1. The van der Waals surface area contributed by atoms with Crippen molar-refractivity contribution >= 4 is 22.7 Å². The van der Waals surface area contributed by atoms with Crippen molar-refractivity contribution in [1.82, 2.24) is 4.57 Å². The first-order chi connectivity index (χ1) is 8.18. The fourth-order valence-corrected chi connectivity index (χ4v) is 2.62. The van der Waals surface area contributed by atoms with Gasteiger partial charge in [0.1, 0.15) is 0 Å². The van der Waals surface area contributed by atoms with Crippen LogP contribution in [0.25, 0.3) is 10.9 Å². The maximum absolute atomic E-state index is 11.8. The van der Waals surface area contributed by atoms with Gasteiger partial charge in [-0.25, -0.2) is 0 Å². The largest absolute Gasteiger partial charge is 0.369 e. The lowest BCUT2D eigenvalue weighted by Crippen LogP contribution is -2.14. The molecule has 0 atom stereocenters. The molecular weight excluding hydrogens is 216 g/mol. The van der Waals surface area contributed by atoms with E-state index in [2.05, 4.69) is 0 Å². The van der Waals surface area contributed by atoms with Crippen LogP contribution in [0.15, 0.2) is 24.3 Å². The Kier molecular flexibility index (Phi) is 2.04. The Labute approximate surface area is 98.0 Å². The predicted octanol–water partition coefficient (Wildman–Crippen LogP) is 1.26. The van der Waals surface area contributed by atoms with Crippen LogP contribution in [0.4, 0.5) is 0 Å². The summed E-state index contributed by atoms with van der Waals surface area (Å²) in [6.07, 6.45) is 1.43. The third kappa shape index (κ3) is 1.37. The summed E-state index contributed by atoms with van der Waals surface area (Å²) in [4.78, 5) is 22.9. The second-order valence-corrected chi connectivity index (χ2v) is 4.31. The van der Waals surface area contributed by atoms with Gasteiger partial charge in [0.05, 0.1) is 11.9 Å². The summed E-state index contributed by atoms with van der Waals surface area (Å²) in [5.41, 5.74) is 8.03. The fraction of sp³-hybridized carbons (Fsp3) is 0.231. The van der Waals surface area contributed by atoms with Gasteiger partial charge >= 0.3 is 0 Å². The maximum Gasteiger partial charge on any atom is 0.231 e. The van der Waals surface area contributed by atoms with Crippen molar-refractivity contribution in [3.63, 3.8) is 0 Å². The first-order valence-corrected chi connectivity index (χ1v) is 5.61. The summed E-state index contributed by atoms with van der Waals surface area (Å²) in [6.45, 7) is 0. The van der Waals surface area contributed by atoms with Crippen molar-refractivity contribution in [3.05, 3.63) is 35.5 Å². The van der Waals surface area contributed by atoms with Crippen LogP contribution < -0.4 is 5.73 Å². The number of primary amides is 1. The second-order valence-electron chi connectivity index (χ2n) is 4.31. The molecule has 4 nitrogen and oxygen atoms in total. The Morgan fingerprint density at radius 3 is 2.82 bits per heavy atom. The van der Waals surface area contributed by atoms with Gasteiger partial charge in [-0.15, -0.1) is 0 Å². The molecule has 0 aliphatic carbocycles. The van der Waals surface area contributed by atoms with Crippen LogP contribution in [0.3, 0.4) is 0 Å². The first kappa shape index (κ1) is 10.1. The number of carbonyl (C=O) groups excluding carboxylic acids is 2. The molecule has 1 amide bonds. The number of aromatic nitrogens is 1. The smallest absolute Gasteiger partial charge is 0.231 e. The molecule has 17 heavy (non-hydrogen) atoms. The Bertz CT molecular complexity index is 640. The van der Waals surface area contributed by atoms with Crippen molar-refractivity contribution < 1.29 is 9.59 Å². The number of para-hydroxylation sites is 1. The van der Waals surface area contributed by atoms with Crippen molar-refractivity contribution in [2.24, 2.45) is 5.73 Å². The van der Waals surface area contributed by atoms with E-state index >= 15 is 0 Å². The van der Waals surface area contributed by atoms with Crippen LogP contribution in [0.5, 0.6) is 0 Å². The topological polar surface area (TPSA) is 65.1 Å². The van der Waals surface area contributed by atoms with Gasteiger partial charge in [-0.05, 0) is 18.1 Å². The fourth-order valence-electron chi connectivity index (χ4n) is 2.62. The van der Waals surface area contributed by atoms with E-state index in [1.807, 2.05) is 24.3 Å². The van der Waals surface area contributed by atoms with Crippen molar-refractivity contribution in [3.8, 4) is 0 Å². The van der Waals surface area contributed by atoms with E-state index in [4.69, 9.17) is 5.73 Å². The highest BCUT2D eigenvalue weighted by atomic mass is 16.2. The van der Waals surface area contributed by atoms with Gasteiger partial charge in [-0.2, -0.15) is 0 Å². The average Bonchev–Trinajstić information content (AvgIpc) is 2.80. The van der Waals surface area contributed by atoms with E-state index in [1.165, 1.54) is 0 Å². The van der Waals surface area contributed by atoms with Crippen LogP contribution in [0, 0.1) is 0 Å². The molecule has 1 aromatic heterocycles. The first-order valence-electron chi connectivity index (χ1n) is 5.61. The Morgan fingerprint density at radius 1 is 1.29 bits per heavy atom. The summed E-state index contributed by atoms with van der Waals surface area (Å²) in [5.74, 6) is -0.254. The highest BCUT2D eigenvalue weighted by Gasteiger charge is 2.26. The summed E-state index contributed by atoms with van der Waals surface area (Å²) in [6, 6.07) is 7.65. The zero-order valence-corrected chi connectivity index (χ0v) is 9.27. The molecule has 0 spiro atoms. The van der Waals surface area contributed by atoms with Crippen LogP contribution in [0.1, 0.15) is 22.5 Å². The molecule has 1 aliphatic rings. The van der Waals surface area contributed by atoms with E-state index in [-0.39, 0.29) is 18.2 Å². The molecule has 0 unspecified atom stereocenters. The second kappa shape index (κ2) is 3.45. The zero-order valence-electron chi connectivity index (χ0n) is 9.27.